The normalized spacial score (nSPS) is 11.1. The van der Waals surface area contributed by atoms with Crippen molar-refractivity contribution in [3.05, 3.63) is 55.2 Å². The van der Waals surface area contributed by atoms with Crippen LogP contribution in [-0.4, -0.2) is 20.2 Å². The summed E-state index contributed by atoms with van der Waals surface area (Å²) in [5, 5.41) is 0. The molecule has 0 aliphatic carbocycles. The van der Waals surface area contributed by atoms with Gasteiger partial charge in [0.25, 0.3) is 0 Å². The summed E-state index contributed by atoms with van der Waals surface area (Å²) in [7, 11) is 0. The molecule has 3 rings (SSSR count). The third-order valence-corrected chi connectivity index (χ3v) is 8.13. The topological polar surface area (TPSA) is 39.4 Å². The second-order valence-corrected chi connectivity index (χ2v) is 8.88. The molecule has 16 heavy (non-hydrogen) atoms. The molecule has 0 saturated heterocycles. The molecule has 0 unspecified atom stereocenters. The first kappa shape index (κ1) is 9.85. The zero-order valence-corrected chi connectivity index (χ0v) is 10.9. The fraction of sp³-hybridized carbons (Fsp3) is 0. The summed E-state index contributed by atoms with van der Waals surface area (Å²) in [5.41, 5.74) is 0. The second-order valence-electron chi connectivity index (χ2n) is 3.19. The molecule has 0 saturated carbocycles. The van der Waals surface area contributed by atoms with Gasteiger partial charge in [0.15, 0.2) is 0 Å². The molecular formula is C12H9O3Sb. The van der Waals surface area contributed by atoms with Crippen LogP contribution in [-0.2, 0) is 0 Å². The summed E-state index contributed by atoms with van der Waals surface area (Å²) >= 11 is -2.16. The van der Waals surface area contributed by atoms with Crippen LogP contribution < -0.4 is 11.1 Å². The van der Waals surface area contributed by atoms with Crippen molar-refractivity contribution in [1.29, 1.82) is 0 Å². The molecule has 0 amide bonds. The molecule has 0 aliphatic rings. The van der Waals surface area contributed by atoms with Crippen molar-refractivity contribution in [3.8, 4) is 0 Å². The number of rotatable bonds is 3. The molecule has 80 valence electrons. The standard InChI is InChI=1S/3C4H3O.Sb/c3*1-2-4-5-3-1;/h3*1-3H;. The quantitative estimate of drug-likeness (QED) is 0.675. The Morgan fingerprint density at radius 2 is 1.00 bits per heavy atom. The van der Waals surface area contributed by atoms with Gasteiger partial charge in [-0.15, -0.1) is 0 Å². The third-order valence-electron chi connectivity index (χ3n) is 2.18. The molecule has 0 N–H and O–H groups in total. The second kappa shape index (κ2) is 4.26. The molecule has 0 aromatic carbocycles. The molecule has 3 nitrogen and oxygen atoms in total. The summed E-state index contributed by atoms with van der Waals surface area (Å²) in [5.74, 6) is 0. The van der Waals surface area contributed by atoms with Gasteiger partial charge in [0, 0.05) is 0 Å². The van der Waals surface area contributed by atoms with Gasteiger partial charge in [-0.3, -0.25) is 0 Å². The Hall–Kier alpha value is -1.34. The van der Waals surface area contributed by atoms with Gasteiger partial charge in [0.05, 0.1) is 0 Å². The Balaban J connectivity index is 2.09. The van der Waals surface area contributed by atoms with Crippen molar-refractivity contribution in [3.63, 3.8) is 0 Å². The molecule has 3 heterocycles. The van der Waals surface area contributed by atoms with Gasteiger partial charge >= 0.3 is 99.8 Å². The summed E-state index contributed by atoms with van der Waals surface area (Å²) < 4.78 is 19.5. The van der Waals surface area contributed by atoms with E-state index in [2.05, 4.69) is 0 Å². The van der Waals surface area contributed by atoms with E-state index in [4.69, 9.17) is 13.3 Å². The van der Waals surface area contributed by atoms with E-state index in [0.717, 1.165) is 11.1 Å². The van der Waals surface area contributed by atoms with Gasteiger partial charge in [0.2, 0.25) is 0 Å². The first-order valence-electron chi connectivity index (χ1n) is 4.86. The molecule has 0 aliphatic heterocycles. The van der Waals surface area contributed by atoms with Gasteiger partial charge in [0.1, 0.15) is 0 Å². The summed E-state index contributed by atoms with van der Waals surface area (Å²) in [4.78, 5) is 0. The summed E-state index contributed by atoms with van der Waals surface area (Å²) in [6.45, 7) is 0. The fourth-order valence-corrected chi connectivity index (χ4v) is 6.81. The van der Waals surface area contributed by atoms with Crippen LogP contribution >= 0.6 is 0 Å². The van der Waals surface area contributed by atoms with Crippen LogP contribution in [0, 0.1) is 0 Å². The average Bonchev–Trinajstić information content (AvgIpc) is 3.02. The van der Waals surface area contributed by atoms with Gasteiger partial charge < -0.3 is 0 Å². The van der Waals surface area contributed by atoms with Crippen molar-refractivity contribution in [1.82, 2.24) is 0 Å². The van der Waals surface area contributed by atoms with Crippen LogP contribution in [0.4, 0.5) is 0 Å². The van der Waals surface area contributed by atoms with Crippen LogP contribution in [0.1, 0.15) is 0 Å². The van der Waals surface area contributed by atoms with E-state index in [1.165, 1.54) is 0 Å². The van der Waals surface area contributed by atoms with E-state index in [-0.39, 0.29) is 0 Å². The van der Waals surface area contributed by atoms with Crippen LogP contribution in [0.5, 0.6) is 0 Å². The van der Waals surface area contributed by atoms with Gasteiger partial charge in [-0.2, -0.15) is 0 Å². The van der Waals surface area contributed by atoms with Crippen molar-refractivity contribution < 1.29 is 13.3 Å². The van der Waals surface area contributed by atoms with E-state index in [1.807, 2.05) is 36.4 Å². The van der Waals surface area contributed by atoms with E-state index >= 15 is 0 Å². The van der Waals surface area contributed by atoms with Crippen LogP contribution in [0.15, 0.2) is 68.4 Å². The Morgan fingerprint density at radius 3 is 1.25 bits per heavy atom. The minimum atomic E-state index is -2.16. The Labute approximate surface area is 99.6 Å². The van der Waals surface area contributed by atoms with Gasteiger partial charge in [-0.05, 0) is 0 Å². The Morgan fingerprint density at radius 1 is 0.625 bits per heavy atom. The molecular weight excluding hydrogens is 314 g/mol. The number of furan rings is 3. The fourth-order valence-electron chi connectivity index (χ4n) is 1.52. The molecule has 0 bridgehead atoms. The molecule has 4 heteroatoms. The number of hydrogen-bond donors (Lipinski definition) is 0. The zero-order chi connectivity index (χ0) is 10.8. The van der Waals surface area contributed by atoms with Gasteiger partial charge in [-0.25, -0.2) is 0 Å². The molecule has 0 atom stereocenters. The first-order chi connectivity index (χ1) is 7.95. The molecule has 3 aromatic heterocycles. The van der Waals surface area contributed by atoms with Gasteiger partial charge in [-0.1, -0.05) is 0 Å². The molecule has 3 aromatic rings. The van der Waals surface area contributed by atoms with E-state index in [0.29, 0.717) is 0 Å². The first-order valence-corrected chi connectivity index (χ1v) is 8.69. The Kier molecular flexibility index (Phi) is 2.63. The van der Waals surface area contributed by atoms with Crippen molar-refractivity contribution in [2.75, 3.05) is 0 Å². The van der Waals surface area contributed by atoms with E-state index in [9.17, 15) is 0 Å². The van der Waals surface area contributed by atoms with Crippen molar-refractivity contribution in [2.45, 2.75) is 0 Å². The SMILES string of the molecule is c1co[c]([Sb]([c]2ccco2)[c]2ccco2)c1. The van der Waals surface area contributed by atoms with Crippen molar-refractivity contribution in [2.24, 2.45) is 0 Å². The summed E-state index contributed by atoms with van der Waals surface area (Å²) in [6.07, 6.45) is 5.08. The third kappa shape index (κ3) is 1.72. The molecule has 0 spiro atoms. The minimum absolute atomic E-state index is 0.993. The maximum atomic E-state index is 5.50. The van der Waals surface area contributed by atoms with Crippen LogP contribution in [0.25, 0.3) is 0 Å². The average molecular weight is 323 g/mol. The maximum absolute atomic E-state index is 5.50. The van der Waals surface area contributed by atoms with Crippen LogP contribution in [0.2, 0.25) is 0 Å². The summed E-state index contributed by atoms with van der Waals surface area (Å²) in [6, 6.07) is 11.7. The predicted octanol–water partition coefficient (Wildman–Crippen LogP) is 0.982. The van der Waals surface area contributed by atoms with E-state index < -0.39 is 20.2 Å². The number of hydrogen-bond acceptors (Lipinski definition) is 3. The van der Waals surface area contributed by atoms with E-state index in [1.54, 1.807) is 18.8 Å². The van der Waals surface area contributed by atoms with Crippen molar-refractivity contribution >= 4 is 31.3 Å². The molecule has 0 fully saturated rings. The molecule has 0 radical (unpaired) electrons. The zero-order valence-electron chi connectivity index (χ0n) is 8.37. The Bertz CT molecular complexity index is 441. The predicted molar refractivity (Wildman–Crippen MR) is 60.8 cm³/mol. The van der Waals surface area contributed by atoms with Crippen LogP contribution in [0.3, 0.4) is 0 Å². The monoisotopic (exact) mass is 322 g/mol.